The van der Waals surface area contributed by atoms with Crippen molar-refractivity contribution in [3.8, 4) is 17.2 Å². The smallest absolute Gasteiger partial charge is 0.298 e. The Labute approximate surface area is 198 Å². The minimum absolute atomic E-state index is 0.0588. The number of fused-ring (bicyclic) bond motifs is 1. The fourth-order valence-corrected chi connectivity index (χ4v) is 4.18. The second kappa shape index (κ2) is 11.4. The van der Waals surface area contributed by atoms with E-state index in [1.807, 2.05) is 19.9 Å². The van der Waals surface area contributed by atoms with Crippen molar-refractivity contribution in [3.63, 3.8) is 0 Å². The van der Waals surface area contributed by atoms with Crippen molar-refractivity contribution in [2.75, 3.05) is 44.4 Å². The standard InChI is InChI=1S/C25H32FN3O5/c1-3-31-22-13-17(14-23(24(22)26)32-4-2)16-29(18-7-9-27-10-8-18)25-28-20-15-19(33-12-11-30)5-6-21(20)34-25/h5-6,13-15,18,27,30H,3-4,7-12,16H2,1-2H3. The molecule has 8 nitrogen and oxygen atoms in total. The molecule has 1 aliphatic heterocycles. The first-order valence-corrected chi connectivity index (χ1v) is 11.8. The molecule has 4 rings (SSSR count). The van der Waals surface area contributed by atoms with Crippen LogP contribution in [0.3, 0.4) is 0 Å². The quantitative estimate of drug-likeness (QED) is 0.434. The summed E-state index contributed by atoms with van der Waals surface area (Å²) in [5.41, 5.74) is 2.17. The van der Waals surface area contributed by atoms with Gasteiger partial charge in [-0.3, -0.25) is 0 Å². The fourth-order valence-electron chi connectivity index (χ4n) is 4.18. The number of ether oxygens (including phenoxy) is 3. The van der Waals surface area contributed by atoms with Gasteiger partial charge < -0.3 is 34.0 Å². The highest BCUT2D eigenvalue weighted by Gasteiger charge is 2.26. The molecule has 0 saturated carbocycles. The number of piperidine rings is 1. The zero-order chi connectivity index (χ0) is 23.9. The van der Waals surface area contributed by atoms with Crippen LogP contribution in [0.1, 0.15) is 32.3 Å². The summed E-state index contributed by atoms with van der Waals surface area (Å²) in [4.78, 5) is 6.88. The number of nitrogens with one attached hydrogen (secondary N) is 1. The van der Waals surface area contributed by atoms with Crippen LogP contribution < -0.4 is 24.4 Å². The summed E-state index contributed by atoms with van der Waals surface area (Å²) in [7, 11) is 0. The van der Waals surface area contributed by atoms with Gasteiger partial charge in [-0.15, -0.1) is 0 Å². The Kier molecular flexibility index (Phi) is 8.08. The third-order valence-electron chi connectivity index (χ3n) is 5.72. The molecule has 1 saturated heterocycles. The summed E-state index contributed by atoms with van der Waals surface area (Å²) in [6.07, 6.45) is 1.86. The van der Waals surface area contributed by atoms with E-state index in [1.165, 1.54) is 0 Å². The van der Waals surface area contributed by atoms with E-state index in [2.05, 4.69) is 10.2 Å². The van der Waals surface area contributed by atoms with E-state index >= 15 is 0 Å². The predicted octanol–water partition coefficient (Wildman–Crippen LogP) is 3.89. The van der Waals surface area contributed by atoms with Crippen molar-refractivity contribution in [3.05, 3.63) is 41.7 Å². The molecule has 0 radical (unpaired) electrons. The SMILES string of the molecule is CCOc1cc(CN(c2nc3cc(OCCO)ccc3o2)C2CCNCC2)cc(OCC)c1F. The Balaban J connectivity index is 1.68. The molecule has 0 atom stereocenters. The molecule has 1 fully saturated rings. The lowest BCUT2D eigenvalue weighted by atomic mass is 10.0. The lowest BCUT2D eigenvalue weighted by molar-refractivity contribution is 0.201. The molecule has 0 aliphatic carbocycles. The van der Waals surface area contributed by atoms with Gasteiger partial charge >= 0.3 is 0 Å². The molecule has 2 aromatic carbocycles. The summed E-state index contributed by atoms with van der Waals surface area (Å²) in [6.45, 7) is 6.78. The summed E-state index contributed by atoms with van der Waals surface area (Å²) in [5, 5.41) is 12.4. The number of aliphatic hydroxyl groups is 1. The summed E-state index contributed by atoms with van der Waals surface area (Å²) in [5.74, 6) is 0.489. The van der Waals surface area contributed by atoms with Gasteiger partial charge in [0.1, 0.15) is 17.9 Å². The van der Waals surface area contributed by atoms with E-state index in [-0.39, 0.29) is 30.8 Å². The second-order valence-electron chi connectivity index (χ2n) is 8.08. The highest BCUT2D eigenvalue weighted by molar-refractivity contribution is 5.76. The van der Waals surface area contributed by atoms with Crippen molar-refractivity contribution in [1.29, 1.82) is 0 Å². The first-order chi connectivity index (χ1) is 16.6. The van der Waals surface area contributed by atoms with E-state index in [1.54, 1.807) is 24.3 Å². The fraction of sp³-hybridized carbons (Fsp3) is 0.480. The van der Waals surface area contributed by atoms with Crippen molar-refractivity contribution >= 4 is 17.1 Å². The highest BCUT2D eigenvalue weighted by Crippen LogP contribution is 2.33. The number of anilines is 1. The van der Waals surface area contributed by atoms with Crippen molar-refractivity contribution < 1.29 is 28.1 Å². The molecule has 0 amide bonds. The molecule has 9 heteroatoms. The number of hydrogen-bond donors (Lipinski definition) is 2. The minimum Gasteiger partial charge on any atom is -0.491 e. The molecule has 0 spiro atoms. The number of aromatic nitrogens is 1. The van der Waals surface area contributed by atoms with Crippen LogP contribution >= 0.6 is 0 Å². The Bertz CT molecular complexity index is 1060. The second-order valence-corrected chi connectivity index (χ2v) is 8.08. The Morgan fingerprint density at radius 2 is 1.79 bits per heavy atom. The predicted molar refractivity (Wildman–Crippen MR) is 127 cm³/mol. The number of hydrogen-bond acceptors (Lipinski definition) is 8. The molecule has 2 N–H and O–H groups in total. The number of nitrogens with zero attached hydrogens (tertiary/aromatic N) is 2. The molecule has 3 aromatic rings. The van der Waals surface area contributed by atoms with Crippen LogP contribution in [-0.2, 0) is 6.54 Å². The van der Waals surface area contributed by atoms with Gasteiger partial charge in [-0.1, -0.05) is 0 Å². The monoisotopic (exact) mass is 473 g/mol. The molecular weight excluding hydrogens is 441 g/mol. The lowest BCUT2D eigenvalue weighted by Crippen LogP contribution is -2.43. The summed E-state index contributed by atoms with van der Waals surface area (Å²) < 4.78 is 37.5. The third-order valence-corrected chi connectivity index (χ3v) is 5.72. The number of aliphatic hydroxyl groups excluding tert-OH is 1. The Hall–Kier alpha value is -3.04. The largest absolute Gasteiger partial charge is 0.491 e. The van der Waals surface area contributed by atoms with Gasteiger partial charge in [0.15, 0.2) is 17.1 Å². The van der Waals surface area contributed by atoms with Gasteiger partial charge in [-0.05, 0) is 69.6 Å². The number of oxazole rings is 1. The van der Waals surface area contributed by atoms with Gasteiger partial charge in [0.05, 0.1) is 19.8 Å². The van der Waals surface area contributed by atoms with Crippen LogP contribution in [0.2, 0.25) is 0 Å². The van der Waals surface area contributed by atoms with Crippen molar-refractivity contribution in [2.45, 2.75) is 39.3 Å². The molecule has 0 unspecified atom stereocenters. The van der Waals surface area contributed by atoms with Crippen LogP contribution in [0.25, 0.3) is 11.1 Å². The average molecular weight is 474 g/mol. The maximum Gasteiger partial charge on any atom is 0.298 e. The average Bonchev–Trinajstić information content (AvgIpc) is 3.28. The van der Waals surface area contributed by atoms with Gasteiger partial charge in [-0.25, -0.2) is 0 Å². The number of halogens is 1. The van der Waals surface area contributed by atoms with Gasteiger partial charge in [0.2, 0.25) is 5.82 Å². The molecule has 1 aliphatic rings. The first-order valence-electron chi connectivity index (χ1n) is 11.8. The molecule has 1 aromatic heterocycles. The maximum atomic E-state index is 14.8. The molecule has 0 bridgehead atoms. The van der Waals surface area contributed by atoms with Crippen LogP contribution in [0.5, 0.6) is 17.2 Å². The van der Waals surface area contributed by atoms with Gasteiger partial charge in [-0.2, -0.15) is 9.37 Å². The topological polar surface area (TPSA) is 89.2 Å². The van der Waals surface area contributed by atoms with Crippen molar-refractivity contribution in [1.82, 2.24) is 10.3 Å². The van der Waals surface area contributed by atoms with Crippen LogP contribution in [0, 0.1) is 5.82 Å². The normalized spacial score (nSPS) is 14.4. The third kappa shape index (κ3) is 5.53. The summed E-state index contributed by atoms with van der Waals surface area (Å²) >= 11 is 0. The highest BCUT2D eigenvalue weighted by atomic mass is 19.1. The number of benzene rings is 2. The van der Waals surface area contributed by atoms with Gasteiger partial charge in [0.25, 0.3) is 6.01 Å². The van der Waals surface area contributed by atoms with E-state index < -0.39 is 5.82 Å². The molecule has 2 heterocycles. The zero-order valence-corrected chi connectivity index (χ0v) is 19.7. The van der Waals surface area contributed by atoms with E-state index in [0.29, 0.717) is 42.6 Å². The Morgan fingerprint density at radius 3 is 2.44 bits per heavy atom. The van der Waals surface area contributed by atoms with Crippen LogP contribution in [-0.4, -0.2) is 55.6 Å². The minimum atomic E-state index is -0.488. The Morgan fingerprint density at radius 1 is 1.09 bits per heavy atom. The van der Waals surface area contributed by atoms with Crippen molar-refractivity contribution in [2.24, 2.45) is 0 Å². The zero-order valence-electron chi connectivity index (χ0n) is 19.7. The van der Waals surface area contributed by atoms with E-state index in [4.69, 9.17) is 28.7 Å². The van der Waals surface area contributed by atoms with Crippen LogP contribution in [0.4, 0.5) is 10.4 Å². The molecule has 184 valence electrons. The van der Waals surface area contributed by atoms with E-state index in [0.717, 1.165) is 31.5 Å². The first kappa shape index (κ1) is 24.1. The van der Waals surface area contributed by atoms with Gasteiger partial charge in [0, 0.05) is 18.7 Å². The molecular formula is C25H32FN3O5. The molecule has 34 heavy (non-hydrogen) atoms. The summed E-state index contributed by atoms with van der Waals surface area (Å²) in [6, 6.07) is 9.56. The van der Waals surface area contributed by atoms with E-state index in [9.17, 15) is 4.39 Å². The maximum absolute atomic E-state index is 14.8. The number of rotatable bonds is 11. The lowest BCUT2D eigenvalue weighted by Gasteiger charge is -2.33. The van der Waals surface area contributed by atoms with Crippen LogP contribution in [0.15, 0.2) is 34.7 Å².